The number of hydrogen-bond acceptors (Lipinski definition) is 8. The predicted octanol–water partition coefficient (Wildman–Crippen LogP) is 6.31. The molecule has 0 saturated heterocycles. The fourth-order valence-electron chi connectivity index (χ4n) is 4.28. The number of fused-ring (bicyclic) bond motifs is 1. The van der Waals surface area contributed by atoms with Crippen LogP contribution in [-0.4, -0.2) is 62.0 Å². The summed E-state index contributed by atoms with van der Waals surface area (Å²) < 4.78 is 83.3. The summed E-state index contributed by atoms with van der Waals surface area (Å²) in [6.07, 6.45) is -6.80. The first kappa shape index (κ1) is 39.0. The van der Waals surface area contributed by atoms with Crippen LogP contribution in [0.2, 0.25) is 0 Å². The molecular formula is C32H27F7N6O6. The first-order valence-corrected chi connectivity index (χ1v) is 14.2. The topological polar surface area (TPSA) is 207 Å². The number of alkyl halides is 6. The number of carboxylic acids is 2. The molecule has 270 valence electrons. The van der Waals surface area contributed by atoms with Crippen molar-refractivity contribution in [2.24, 2.45) is 5.73 Å². The van der Waals surface area contributed by atoms with Crippen LogP contribution < -0.4 is 21.5 Å². The number of hydrogen-bond donors (Lipinski definition) is 6. The Morgan fingerprint density at radius 1 is 0.941 bits per heavy atom. The lowest BCUT2D eigenvalue weighted by molar-refractivity contribution is -0.193. The summed E-state index contributed by atoms with van der Waals surface area (Å²) >= 11 is 0. The van der Waals surface area contributed by atoms with Crippen LogP contribution in [0.15, 0.2) is 79.1 Å². The number of aromatic amines is 1. The summed E-state index contributed by atoms with van der Waals surface area (Å²) in [7, 11) is 0. The predicted molar refractivity (Wildman–Crippen MR) is 169 cm³/mol. The number of carbonyl (C=O) groups excluding carboxylic acids is 1. The van der Waals surface area contributed by atoms with Gasteiger partial charge in [-0.2, -0.15) is 26.3 Å². The molecule has 0 aliphatic rings. The molecule has 8 N–H and O–H groups in total. The van der Waals surface area contributed by atoms with E-state index in [1.165, 1.54) is 6.07 Å². The molecule has 1 unspecified atom stereocenters. The van der Waals surface area contributed by atoms with E-state index in [1.54, 1.807) is 49.6 Å². The summed E-state index contributed by atoms with van der Waals surface area (Å²) in [5, 5.41) is 19.5. The Balaban J connectivity index is 0.000000424. The first-order chi connectivity index (χ1) is 23.8. The average Bonchev–Trinajstić information content (AvgIpc) is 3.54. The molecule has 2 heterocycles. The van der Waals surface area contributed by atoms with E-state index in [1.807, 2.05) is 30.3 Å². The van der Waals surface area contributed by atoms with Gasteiger partial charge in [0.2, 0.25) is 5.91 Å². The molecule has 51 heavy (non-hydrogen) atoms. The van der Waals surface area contributed by atoms with Gasteiger partial charge in [-0.1, -0.05) is 24.3 Å². The maximum absolute atomic E-state index is 14.4. The highest BCUT2D eigenvalue weighted by atomic mass is 19.4. The van der Waals surface area contributed by atoms with Crippen LogP contribution in [0.1, 0.15) is 34.7 Å². The summed E-state index contributed by atoms with van der Waals surface area (Å²) in [6, 6.07) is 18.8. The number of rotatable bonds is 8. The molecule has 1 atom stereocenters. The van der Waals surface area contributed by atoms with Gasteiger partial charge < -0.3 is 36.7 Å². The van der Waals surface area contributed by atoms with Gasteiger partial charge in [0.05, 0.1) is 12.3 Å². The minimum atomic E-state index is -5.08. The molecule has 0 fully saturated rings. The lowest BCUT2D eigenvalue weighted by Crippen LogP contribution is -2.21. The Bertz CT molecular complexity index is 1990. The summed E-state index contributed by atoms with van der Waals surface area (Å²) in [5.41, 5.74) is 14.6. The number of amides is 1. The minimum Gasteiger partial charge on any atom is -0.491 e. The second kappa shape index (κ2) is 16.3. The van der Waals surface area contributed by atoms with Gasteiger partial charge in [0, 0.05) is 34.6 Å². The third kappa shape index (κ3) is 10.5. The van der Waals surface area contributed by atoms with Gasteiger partial charge in [-0.05, 0) is 60.3 Å². The molecule has 0 bridgehead atoms. The van der Waals surface area contributed by atoms with Crippen molar-refractivity contribution in [1.29, 1.82) is 0 Å². The molecule has 0 saturated carbocycles. The number of nitrogens with zero attached hydrogens (tertiary/aromatic N) is 2. The third-order valence-corrected chi connectivity index (χ3v) is 6.52. The Morgan fingerprint density at radius 3 is 2.16 bits per heavy atom. The molecule has 12 nitrogen and oxygen atoms in total. The van der Waals surface area contributed by atoms with Crippen molar-refractivity contribution >= 4 is 40.1 Å². The van der Waals surface area contributed by atoms with Crippen LogP contribution in [0.25, 0.3) is 22.0 Å². The number of aliphatic carboxylic acids is 2. The van der Waals surface area contributed by atoms with Crippen molar-refractivity contribution in [1.82, 2.24) is 15.0 Å². The van der Waals surface area contributed by atoms with E-state index in [-0.39, 0.29) is 5.75 Å². The van der Waals surface area contributed by atoms with Crippen LogP contribution in [-0.2, 0) is 9.59 Å². The molecule has 0 aliphatic carbocycles. The Hall–Kier alpha value is -6.40. The molecule has 0 aliphatic heterocycles. The van der Waals surface area contributed by atoms with E-state index in [0.717, 1.165) is 22.0 Å². The number of carbonyl (C=O) groups is 3. The van der Waals surface area contributed by atoms with Gasteiger partial charge in [0.25, 0.3) is 0 Å². The molecule has 1 amide bonds. The highest BCUT2D eigenvalue weighted by Gasteiger charge is 2.39. The van der Waals surface area contributed by atoms with Crippen LogP contribution in [0.4, 0.5) is 42.2 Å². The van der Waals surface area contributed by atoms with Crippen molar-refractivity contribution in [2.45, 2.75) is 25.3 Å². The van der Waals surface area contributed by atoms with E-state index in [9.17, 15) is 35.5 Å². The fourth-order valence-corrected chi connectivity index (χ4v) is 4.28. The quantitative estimate of drug-likeness (QED) is 0.0983. The Kier molecular flexibility index (Phi) is 12.5. The molecule has 19 heteroatoms. The second-order valence-electron chi connectivity index (χ2n) is 10.0. The van der Waals surface area contributed by atoms with Crippen molar-refractivity contribution < 1.29 is 60.1 Å². The number of primary amides is 1. The number of anilines is 2. The van der Waals surface area contributed by atoms with Crippen molar-refractivity contribution in [3.63, 3.8) is 0 Å². The summed E-state index contributed by atoms with van der Waals surface area (Å²) in [5.74, 6) is -5.36. The Labute approximate surface area is 282 Å². The third-order valence-electron chi connectivity index (χ3n) is 6.52. The fraction of sp³-hybridized carbons (Fsp3) is 0.156. The SMILES string of the molecule is CCOc1cc(C(Nc2ccc3c(N)nccc3c2)c2nc(-c3ccccc3C(N)=O)c[nH]2)ccc1F.O=C(O)C(F)(F)F.O=C(O)C(F)(F)F. The van der Waals surface area contributed by atoms with Crippen LogP contribution in [0.5, 0.6) is 5.75 Å². The number of ether oxygens (including phenoxy) is 1. The van der Waals surface area contributed by atoms with E-state index < -0.39 is 42.1 Å². The van der Waals surface area contributed by atoms with E-state index in [0.29, 0.717) is 35.1 Å². The van der Waals surface area contributed by atoms with Gasteiger partial charge in [-0.25, -0.2) is 23.9 Å². The van der Waals surface area contributed by atoms with Gasteiger partial charge >= 0.3 is 24.3 Å². The molecule has 5 aromatic rings. The number of carboxylic acid groups (broad SMARTS) is 2. The van der Waals surface area contributed by atoms with E-state index in [4.69, 9.17) is 41.0 Å². The number of imidazole rings is 1. The zero-order chi connectivity index (χ0) is 38.1. The molecule has 5 rings (SSSR count). The summed E-state index contributed by atoms with van der Waals surface area (Å²) in [4.78, 5) is 41.9. The van der Waals surface area contributed by atoms with Crippen LogP contribution in [0.3, 0.4) is 0 Å². The van der Waals surface area contributed by atoms with Crippen molar-refractivity contribution in [3.8, 4) is 17.0 Å². The lowest BCUT2D eigenvalue weighted by atomic mass is 10.0. The number of nitrogen functional groups attached to an aromatic ring is 1. The number of halogens is 7. The number of nitrogens with two attached hydrogens (primary N) is 2. The van der Waals surface area contributed by atoms with E-state index >= 15 is 0 Å². The number of pyridine rings is 1. The maximum Gasteiger partial charge on any atom is 0.490 e. The second-order valence-corrected chi connectivity index (χ2v) is 10.0. The normalized spacial score (nSPS) is 11.7. The molecule has 3 aromatic carbocycles. The van der Waals surface area contributed by atoms with Gasteiger partial charge in [-0.3, -0.25) is 4.79 Å². The van der Waals surface area contributed by atoms with Gasteiger partial charge in [-0.15, -0.1) is 0 Å². The van der Waals surface area contributed by atoms with Crippen LogP contribution >= 0.6 is 0 Å². The van der Waals surface area contributed by atoms with E-state index in [2.05, 4.69) is 15.3 Å². The number of benzene rings is 3. The molecule has 0 spiro atoms. The molecule has 0 radical (unpaired) electrons. The highest BCUT2D eigenvalue weighted by molar-refractivity contribution is 5.99. The number of aromatic nitrogens is 3. The average molecular weight is 725 g/mol. The zero-order valence-corrected chi connectivity index (χ0v) is 26.0. The maximum atomic E-state index is 14.4. The molecule has 2 aromatic heterocycles. The monoisotopic (exact) mass is 724 g/mol. The smallest absolute Gasteiger partial charge is 0.490 e. The number of nitrogens with one attached hydrogen (secondary N) is 2. The lowest BCUT2D eigenvalue weighted by Gasteiger charge is -2.20. The first-order valence-electron chi connectivity index (χ1n) is 14.2. The zero-order valence-electron chi connectivity index (χ0n) is 26.0. The van der Waals surface area contributed by atoms with Gasteiger partial charge in [0.15, 0.2) is 11.6 Å². The standard InChI is InChI=1S/C28H25FN6O2.2C2HF3O2/c1-2-37-24-14-17(7-10-22(24)29)25(34-18-8-9-19-16(13-18)11-12-32-26(19)30)28-33-15-23(35-28)20-5-3-4-6-21(20)27(31)36;2*3-2(4,5)1(6)7/h3-15,25,34H,2H2,1H3,(H2,30,32)(H2,31,36)(H,33,35);2*(H,6,7). The van der Waals surface area contributed by atoms with Gasteiger partial charge in [0.1, 0.15) is 17.7 Å². The molecular weight excluding hydrogens is 697 g/mol. The van der Waals surface area contributed by atoms with Crippen LogP contribution in [0, 0.1) is 5.82 Å². The minimum absolute atomic E-state index is 0.148. The van der Waals surface area contributed by atoms with Crippen molar-refractivity contribution in [3.05, 3.63) is 102 Å². The number of H-pyrrole nitrogens is 1. The van der Waals surface area contributed by atoms with Crippen molar-refractivity contribution in [2.75, 3.05) is 17.7 Å². The largest absolute Gasteiger partial charge is 0.491 e. The highest BCUT2D eigenvalue weighted by Crippen LogP contribution is 2.32. The summed E-state index contributed by atoms with van der Waals surface area (Å²) in [6.45, 7) is 2.12. The Morgan fingerprint density at radius 2 is 1.57 bits per heavy atom.